The van der Waals surface area contributed by atoms with Crippen LogP contribution in [0.15, 0.2) is 21.3 Å². The molecule has 2 aliphatic heterocycles. The second-order valence-electron chi connectivity index (χ2n) is 5.71. The van der Waals surface area contributed by atoms with Gasteiger partial charge in [-0.15, -0.1) is 0 Å². The number of carboxylic acid groups (broad SMARTS) is 1. The number of carbonyl (C=O) groups is 1. The van der Waals surface area contributed by atoms with Crippen LogP contribution in [0.1, 0.15) is 34.3 Å². The predicted molar refractivity (Wildman–Crippen MR) is 75.7 cm³/mol. The molecule has 0 unspecified atom stereocenters. The van der Waals surface area contributed by atoms with Crippen molar-refractivity contribution in [2.45, 2.75) is 25.7 Å². The molecule has 2 aliphatic rings. The summed E-state index contributed by atoms with van der Waals surface area (Å²) < 4.78 is 5.32. The Hall–Kier alpha value is -1.30. The molecule has 0 fully saturated rings. The third kappa shape index (κ3) is 2.28. The van der Waals surface area contributed by atoms with E-state index in [0.717, 1.165) is 44.3 Å². The molecule has 108 valence electrons. The zero-order chi connectivity index (χ0) is 14.6. The molecule has 0 spiro atoms. The van der Waals surface area contributed by atoms with Crippen LogP contribution in [-0.4, -0.2) is 19.1 Å². The SMILES string of the molecule is O=C([O-])c1cc2cc3c4c(c2oc1=O)CCCN4CCC3.[Na+]. The van der Waals surface area contributed by atoms with Crippen molar-refractivity contribution in [3.8, 4) is 0 Å². The van der Waals surface area contributed by atoms with E-state index in [-0.39, 0.29) is 29.6 Å². The third-order valence-corrected chi connectivity index (χ3v) is 4.44. The van der Waals surface area contributed by atoms with Crippen molar-refractivity contribution >= 4 is 22.6 Å². The molecule has 5 nitrogen and oxygen atoms in total. The number of carboxylic acids is 1. The number of rotatable bonds is 1. The summed E-state index contributed by atoms with van der Waals surface area (Å²) in [6, 6.07) is 3.35. The quantitative estimate of drug-likeness (QED) is 0.444. The fourth-order valence-corrected chi connectivity index (χ4v) is 3.59. The van der Waals surface area contributed by atoms with Crippen LogP contribution < -0.4 is 45.2 Å². The summed E-state index contributed by atoms with van der Waals surface area (Å²) in [4.78, 5) is 25.2. The Morgan fingerprint density at radius 2 is 1.91 bits per heavy atom. The molecule has 0 bridgehead atoms. The van der Waals surface area contributed by atoms with Gasteiger partial charge in [-0.1, -0.05) is 0 Å². The maximum atomic E-state index is 11.8. The Morgan fingerprint density at radius 3 is 2.64 bits per heavy atom. The third-order valence-electron chi connectivity index (χ3n) is 4.44. The molecule has 4 rings (SSSR count). The minimum absolute atomic E-state index is 0. The van der Waals surface area contributed by atoms with Gasteiger partial charge in [0.15, 0.2) is 0 Å². The van der Waals surface area contributed by atoms with Gasteiger partial charge < -0.3 is 19.2 Å². The summed E-state index contributed by atoms with van der Waals surface area (Å²) in [6.45, 7) is 2.07. The van der Waals surface area contributed by atoms with Crippen molar-refractivity contribution in [3.63, 3.8) is 0 Å². The van der Waals surface area contributed by atoms with Gasteiger partial charge in [0.1, 0.15) is 5.58 Å². The van der Waals surface area contributed by atoms with Gasteiger partial charge in [0.05, 0.1) is 11.5 Å². The molecule has 22 heavy (non-hydrogen) atoms. The summed E-state index contributed by atoms with van der Waals surface area (Å²) in [6.07, 6.45) is 3.97. The number of fused-ring (bicyclic) bond motifs is 2. The molecule has 0 N–H and O–H groups in total. The molecule has 0 saturated carbocycles. The second kappa shape index (κ2) is 5.72. The maximum Gasteiger partial charge on any atom is 1.00 e. The first-order valence-electron chi connectivity index (χ1n) is 7.24. The first-order valence-corrected chi connectivity index (χ1v) is 7.24. The first-order chi connectivity index (χ1) is 10.1. The molecule has 1 aromatic heterocycles. The standard InChI is InChI=1S/C16H15NO4.Na/c18-15(19)12-8-10-7-9-3-1-5-17-6-2-4-11(13(9)17)14(10)21-16(12)20;/h7-8H,1-6H2,(H,18,19);/q;+1/p-1. The van der Waals surface area contributed by atoms with Crippen molar-refractivity contribution < 1.29 is 43.9 Å². The molecule has 6 heteroatoms. The Kier molecular flexibility index (Phi) is 4.05. The number of nitrogens with zero attached hydrogens (tertiary/aromatic N) is 1. The monoisotopic (exact) mass is 307 g/mol. The Balaban J connectivity index is 0.00000144. The summed E-state index contributed by atoms with van der Waals surface area (Å²) in [5.41, 5.74) is 2.78. The zero-order valence-corrected chi connectivity index (χ0v) is 14.5. The molecule has 0 amide bonds. The molecule has 0 saturated heterocycles. The smallest absolute Gasteiger partial charge is 0.545 e. The van der Waals surface area contributed by atoms with Gasteiger partial charge in [-0.2, -0.15) is 0 Å². The number of aromatic carboxylic acids is 1. The molecule has 2 aromatic rings. The van der Waals surface area contributed by atoms with E-state index in [2.05, 4.69) is 4.90 Å². The number of hydrogen-bond acceptors (Lipinski definition) is 5. The van der Waals surface area contributed by atoms with Gasteiger partial charge in [0.25, 0.3) is 0 Å². The van der Waals surface area contributed by atoms with E-state index >= 15 is 0 Å². The van der Waals surface area contributed by atoms with E-state index < -0.39 is 17.2 Å². The van der Waals surface area contributed by atoms with Crippen molar-refractivity contribution in [2.75, 3.05) is 18.0 Å². The summed E-state index contributed by atoms with van der Waals surface area (Å²) >= 11 is 0. The van der Waals surface area contributed by atoms with E-state index in [1.165, 1.54) is 17.3 Å². The number of benzene rings is 1. The number of carbonyl (C=O) groups excluding carboxylic acids is 1. The van der Waals surface area contributed by atoms with Gasteiger partial charge >= 0.3 is 35.2 Å². The average Bonchev–Trinajstić information content (AvgIpc) is 2.48. The molecule has 0 aliphatic carbocycles. The average molecular weight is 307 g/mol. The van der Waals surface area contributed by atoms with Crippen LogP contribution in [0.5, 0.6) is 0 Å². The molecular weight excluding hydrogens is 293 g/mol. The fourth-order valence-electron chi connectivity index (χ4n) is 3.59. The summed E-state index contributed by atoms with van der Waals surface area (Å²) in [7, 11) is 0. The molecular formula is C16H14NNaO4. The van der Waals surface area contributed by atoms with Crippen LogP contribution in [0.4, 0.5) is 5.69 Å². The molecule has 1 aromatic carbocycles. The summed E-state index contributed by atoms with van der Waals surface area (Å²) in [5, 5.41) is 11.7. The molecule has 3 heterocycles. The van der Waals surface area contributed by atoms with Crippen LogP contribution in [0, 0.1) is 0 Å². The van der Waals surface area contributed by atoms with Crippen LogP contribution >= 0.6 is 0 Å². The number of anilines is 1. The van der Waals surface area contributed by atoms with Gasteiger partial charge in [-0.3, -0.25) is 0 Å². The van der Waals surface area contributed by atoms with Crippen molar-refractivity contribution in [1.29, 1.82) is 0 Å². The van der Waals surface area contributed by atoms with E-state index in [0.29, 0.717) is 11.0 Å². The Morgan fingerprint density at radius 1 is 1.18 bits per heavy atom. The minimum Gasteiger partial charge on any atom is -0.545 e. The number of hydrogen-bond donors (Lipinski definition) is 0. The molecule has 0 atom stereocenters. The van der Waals surface area contributed by atoms with Gasteiger partial charge in [0.2, 0.25) is 0 Å². The number of aryl methyl sites for hydroxylation is 2. The second-order valence-corrected chi connectivity index (χ2v) is 5.71. The topological polar surface area (TPSA) is 73.6 Å². The van der Waals surface area contributed by atoms with Crippen LogP contribution in [0.3, 0.4) is 0 Å². The van der Waals surface area contributed by atoms with Crippen molar-refractivity contribution in [2.24, 2.45) is 0 Å². The Bertz CT molecular complexity index is 825. The maximum absolute atomic E-state index is 11.8. The van der Waals surface area contributed by atoms with Crippen molar-refractivity contribution in [1.82, 2.24) is 0 Å². The Labute approximate surface area is 149 Å². The molecule has 0 radical (unpaired) electrons. The van der Waals surface area contributed by atoms with Crippen molar-refractivity contribution in [3.05, 3.63) is 39.2 Å². The van der Waals surface area contributed by atoms with E-state index in [9.17, 15) is 14.7 Å². The van der Waals surface area contributed by atoms with Crippen LogP contribution in [0.25, 0.3) is 11.0 Å². The predicted octanol–water partition coefficient (Wildman–Crippen LogP) is -2.14. The van der Waals surface area contributed by atoms with Gasteiger partial charge in [-0.25, -0.2) is 4.79 Å². The first kappa shape index (κ1) is 15.6. The summed E-state index contributed by atoms with van der Waals surface area (Å²) in [5.74, 6) is -1.49. The normalized spacial score (nSPS) is 16.1. The van der Waals surface area contributed by atoms with Crippen LogP contribution in [-0.2, 0) is 12.8 Å². The van der Waals surface area contributed by atoms with Crippen LogP contribution in [0.2, 0.25) is 0 Å². The van der Waals surface area contributed by atoms with E-state index in [1.54, 1.807) is 0 Å². The fraction of sp³-hybridized carbons (Fsp3) is 0.375. The van der Waals surface area contributed by atoms with Gasteiger partial charge in [0, 0.05) is 29.7 Å². The zero-order valence-electron chi connectivity index (χ0n) is 12.5. The van der Waals surface area contributed by atoms with E-state index in [1.807, 2.05) is 6.07 Å². The van der Waals surface area contributed by atoms with E-state index in [4.69, 9.17) is 4.42 Å². The largest absolute Gasteiger partial charge is 1.00 e. The van der Waals surface area contributed by atoms with Gasteiger partial charge in [-0.05, 0) is 43.4 Å². The minimum atomic E-state index is -1.49.